The van der Waals surface area contributed by atoms with Gasteiger partial charge in [-0.25, -0.2) is 0 Å². The number of nitro groups is 1. The summed E-state index contributed by atoms with van der Waals surface area (Å²) in [5, 5.41) is 11.6. The number of rotatable bonds is 6. The predicted molar refractivity (Wildman–Crippen MR) is 128 cm³/mol. The van der Waals surface area contributed by atoms with Crippen LogP contribution < -0.4 is 19.1 Å². The molecule has 0 radical (unpaired) electrons. The third-order valence-electron chi connectivity index (χ3n) is 6.63. The molecule has 3 heterocycles. The second-order valence-electron chi connectivity index (χ2n) is 8.57. The molecule has 3 aromatic carbocycles. The van der Waals surface area contributed by atoms with Crippen molar-refractivity contribution in [1.29, 1.82) is 0 Å². The number of hydrogen-bond acceptors (Lipinski definition) is 8. The molecular weight excluding hydrogens is 482 g/mol. The fourth-order valence-corrected chi connectivity index (χ4v) is 5.00. The van der Waals surface area contributed by atoms with E-state index in [9.17, 15) is 24.5 Å². The molecule has 1 fully saturated rings. The number of nitrogens with zero attached hydrogens (tertiary/aromatic N) is 3. The van der Waals surface area contributed by atoms with Crippen LogP contribution in [0.3, 0.4) is 0 Å². The minimum Gasteiger partial charge on any atom is -0.494 e. The zero-order valence-electron chi connectivity index (χ0n) is 19.5. The van der Waals surface area contributed by atoms with Crippen LogP contribution in [0.15, 0.2) is 60.7 Å². The minimum absolute atomic E-state index is 0.0521. The molecule has 186 valence electrons. The largest absolute Gasteiger partial charge is 0.494 e. The molecule has 0 N–H and O–H groups in total. The highest BCUT2D eigenvalue weighted by molar-refractivity contribution is 6.26. The number of ether oxygens (including phenoxy) is 3. The van der Waals surface area contributed by atoms with E-state index in [0.717, 1.165) is 11.0 Å². The summed E-state index contributed by atoms with van der Waals surface area (Å²) in [4.78, 5) is 53.5. The third-order valence-corrected chi connectivity index (χ3v) is 6.63. The van der Waals surface area contributed by atoms with Gasteiger partial charge in [-0.15, -0.1) is 0 Å². The molecule has 6 rings (SSSR count). The molecule has 0 aromatic heterocycles. The number of fused-ring (bicyclic) bond motifs is 2. The SMILES string of the molecule is CCOc1ccc(N2C(=O)[C@@H](N3C(=O)c4cccc([N+](=O)[O-])c4C3=O)[C@H]2c2ccc3c(c2)OCO3)cc1. The maximum Gasteiger partial charge on any atom is 0.282 e. The van der Waals surface area contributed by atoms with Gasteiger partial charge in [-0.2, -0.15) is 0 Å². The van der Waals surface area contributed by atoms with Crippen LogP contribution in [0.25, 0.3) is 0 Å². The Morgan fingerprint density at radius 3 is 2.43 bits per heavy atom. The van der Waals surface area contributed by atoms with Crippen LogP contribution in [0.5, 0.6) is 17.2 Å². The van der Waals surface area contributed by atoms with Gasteiger partial charge in [0.05, 0.1) is 23.1 Å². The van der Waals surface area contributed by atoms with Gasteiger partial charge < -0.3 is 19.1 Å². The second-order valence-corrected chi connectivity index (χ2v) is 8.57. The summed E-state index contributed by atoms with van der Waals surface area (Å²) >= 11 is 0. The zero-order chi connectivity index (χ0) is 25.8. The molecule has 11 heteroatoms. The topological polar surface area (TPSA) is 129 Å². The van der Waals surface area contributed by atoms with E-state index >= 15 is 0 Å². The van der Waals surface area contributed by atoms with Crippen LogP contribution >= 0.6 is 0 Å². The number of amides is 3. The molecule has 2 atom stereocenters. The molecular formula is C26H19N3O8. The van der Waals surface area contributed by atoms with Gasteiger partial charge in [0.15, 0.2) is 11.5 Å². The van der Waals surface area contributed by atoms with Gasteiger partial charge in [0.2, 0.25) is 6.79 Å². The summed E-state index contributed by atoms with van der Waals surface area (Å²) in [7, 11) is 0. The number of imide groups is 1. The first-order valence-corrected chi connectivity index (χ1v) is 11.5. The quantitative estimate of drug-likeness (QED) is 0.217. The molecule has 0 saturated carbocycles. The average Bonchev–Trinajstić information content (AvgIpc) is 3.46. The Labute approximate surface area is 209 Å². The van der Waals surface area contributed by atoms with Crippen LogP contribution in [0.4, 0.5) is 11.4 Å². The minimum atomic E-state index is -1.21. The van der Waals surface area contributed by atoms with Crippen LogP contribution in [-0.4, -0.2) is 47.0 Å². The molecule has 3 aliphatic heterocycles. The lowest BCUT2D eigenvalue weighted by Crippen LogP contribution is -2.67. The smallest absolute Gasteiger partial charge is 0.282 e. The first kappa shape index (κ1) is 22.5. The van der Waals surface area contributed by atoms with Crippen LogP contribution in [-0.2, 0) is 4.79 Å². The Morgan fingerprint density at radius 1 is 0.946 bits per heavy atom. The van der Waals surface area contributed by atoms with E-state index in [2.05, 4.69) is 0 Å². The highest BCUT2D eigenvalue weighted by Crippen LogP contribution is 2.47. The Bertz CT molecular complexity index is 1490. The van der Waals surface area contributed by atoms with Crippen molar-refractivity contribution in [2.75, 3.05) is 18.3 Å². The lowest BCUT2D eigenvalue weighted by molar-refractivity contribution is -0.385. The number of anilines is 1. The first-order chi connectivity index (χ1) is 17.9. The third kappa shape index (κ3) is 3.31. The number of benzene rings is 3. The predicted octanol–water partition coefficient (Wildman–Crippen LogP) is 3.47. The molecule has 0 unspecified atom stereocenters. The van der Waals surface area contributed by atoms with Gasteiger partial charge in [-0.05, 0) is 55.0 Å². The standard InChI is InChI=1S/C26H19N3O8/c1-2-35-16-9-7-15(8-10-16)27-22(14-6-11-19-20(12-14)37-13-36-19)23(26(27)32)28-24(30)17-4-3-5-18(29(33)34)21(17)25(28)31/h3-12,22-23H,2,13H2,1H3/t22-,23+/m1/s1. The molecule has 0 aliphatic carbocycles. The molecule has 0 spiro atoms. The van der Waals surface area contributed by atoms with Crippen molar-refractivity contribution in [2.24, 2.45) is 0 Å². The second kappa shape index (κ2) is 8.33. The lowest BCUT2D eigenvalue weighted by Gasteiger charge is -2.49. The molecule has 3 aromatic rings. The van der Waals surface area contributed by atoms with Gasteiger partial charge >= 0.3 is 0 Å². The summed E-state index contributed by atoms with van der Waals surface area (Å²) in [6, 6.07) is 13.9. The van der Waals surface area contributed by atoms with Crippen molar-refractivity contribution in [3.63, 3.8) is 0 Å². The van der Waals surface area contributed by atoms with Crippen LogP contribution in [0.2, 0.25) is 0 Å². The Hall–Kier alpha value is -4.93. The number of β-lactam (4-membered cyclic amide) rings is 1. The maximum atomic E-state index is 13.6. The number of carbonyl (C=O) groups excluding carboxylic acids is 3. The van der Waals surface area contributed by atoms with Crippen molar-refractivity contribution in [3.05, 3.63) is 87.5 Å². The van der Waals surface area contributed by atoms with E-state index in [4.69, 9.17) is 14.2 Å². The number of hydrogen-bond donors (Lipinski definition) is 0. The van der Waals surface area contributed by atoms with Crippen molar-refractivity contribution in [2.45, 2.75) is 19.0 Å². The van der Waals surface area contributed by atoms with Crippen molar-refractivity contribution in [3.8, 4) is 17.2 Å². The number of carbonyl (C=O) groups is 3. The van der Waals surface area contributed by atoms with E-state index in [1.807, 2.05) is 6.92 Å². The monoisotopic (exact) mass is 501 g/mol. The van der Waals surface area contributed by atoms with E-state index in [1.54, 1.807) is 42.5 Å². The first-order valence-electron chi connectivity index (χ1n) is 11.5. The summed E-state index contributed by atoms with van der Waals surface area (Å²) in [6.07, 6.45) is 0. The van der Waals surface area contributed by atoms with Gasteiger partial charge in [0.25, 0.3) is 23.4 Å². The highest BCUT2D eigenvalue weighted by atomic mass is 16.7. The lowest BCUT2D eigenvalue weighted by atomic mass is 9.86. The maximum absolute atomic E-state index is 13.6. The Kier molecular flexibility index (Phi) is 5.07. The fourth-order valence-electron chi connectivity index (χ4n) is 5.00. The fraction of sp³-hybridized carbons (Fsp3) is 0.192. The van der Waals surface area contributed by atoms with Crippen molar-refractivity contribution in [1.82, 2.24) is 4.90 Å². The normalized spacial score (nSPS) is 19.6. The van der Waals surface area contributed by atoms with E-state index in [-0.39, 0.29) is 17.9 Å². The Morgan fingerprint density at radius 2 is 1.70 bits per heavy atom. The highest BCUT2D eigenvalue weighted by Gasteiger charge is 2.58. The van der Waals surface area contributed by atoms with E-state index in [1.165, 1.54) is 17.0 Å². The summed E-state index contributed by atoms with van der Waals surface area (Å²) in [5.41, 5.74) is 0.252. The van der Waals surface area contributed by atoms with Gasteiger partial charge in [0, 0.05) is 11.8 Å². The number of nitro benzene ring substituents is 1. The zero-order valence-corrected chi connectivity index (χ0v) is 19.5. The van der Waals surface area contributed by atoms with E-state index in [0.29, 0.717) is 35.1 Å². The van der Waals surface area contributed by atoms with Crippen molar-refractivity contribution < 1.29 is 33.5 Å². The molecule has 37 heavy (non-hydrogen) atoms. The molecule has 0 bridgehead atoms. The van der Waals surface area contributed by atoms with Crippen molar-refractivity contribution >= 4 is 29.1 Å². The molecule has 1 saturated heterocycles. The average molecular weight is 501 g/mol. The van der Waals surface area contributed by atoms with Crippen LogP contribution in [0.1, 0.15) is 39.2 Å². The van der Waals surface area contributed by atoms with E-state index < -0.39 is 40.4 Å². The summed E-state index contributed by atoms with van der Waals surface area (Å²) < 4.78 is 16.4. The van der Waals surface area contributed by atoms with Gasteiger partial charge in [0.1, 0.15) is 17.4 Å². The molecule has 3 aliphatic rings. The van der Waals surface area contributed by atoms with Crippen LogP contribution in [0, 0.1) is 10.1 Å². The molecule has 3 amide bonds. The summed E-state index contributed by atoms with van der Waals surface area (Å²) in [6.45, 7) is 2.39. The molecule has 11 nitrogen and oxygen atoms in total. The van der Waals surface area contributed by atoms with Gasteiger partial charge in [-0.3, -0.25) is 29.4 Å². The summed E-state index contributed by atoms with van der Waals surface area (Å²) in [5.74, 6) is -0.482. The van der Waals surface area contributed by atoms with Gasteiger partial charge in [-0.1, -0.05) is 12.1 Å². The Balaban J connectivity index is 1.43.